The molecule has 98 valence electrons. The Kier molecular flexibility index (Phi) is 4.40. The van der Waals surface area contributed by atoms with Crippen molar-refractivity contribution >= 4 is 28.8 Å². The van der Waals surface area contributed by atoms with Crippen molar-refractivity contribution in [2.75, 3.05) is 0 Å². The van der Waals surface area contributed by atoms with Crippen LogP contribution in [0.2, 0.25) is 5.02 Å². The summed E-state index contributed by atoms with van der Waals surface area (Å²) in [4.78, 5) is 0.268. The van der Waals surface area contributed by atoms with Gasteiger partial charge in [-0.2, -0.15) is 0 Å². The normalized spacial score (nSPS) is 10.2. The Balaban J connectivity index is 2.34. The van der Waals surface area contributed by atoms with Crippen molar-refractivity contribution in [3.05, 3.63) is 58.6 Å². The van der Waals surface area contributed by atoms with Crippen molar-refractivity contribution in [3.63, 3.8) is 0 Å². The molecule has 0 saturated carbocycles. The van der Waals surface area contributed by atoms with Gasteiger partial charge in [-0.3, -0.25) is 0 Å². The molecule has 0 aliphatic rings. The van der Waals surface area contributed by atoms with Crippen molar-refractivity contribution in [3.8, 4) is 11.5 Å². The second-order valence-corrected chi connectivity index (χ2v) is 4.98. The summed E-state index contributed by atoms with van der Waals surface area (Å²) in [5, 5.41) is 0.581. The Morgan fingerprint density at radius 1 is 1.26 bits per heavy atom. The number of aryl methyl sites for hydroxylation is 1. The van der Waals surface area contributed by atoms with Crippen LogP contribution >= 0.6 is 23.8 Å². The van der Waals surface area contributed by atoms with Gasteiger partial charge in [0.15, 0.2) is 0 Å². The van der Waals surface area contributed by atoms with Gasteiger partial charge in [0, 0.05) is 5.02 Å². The van der Waals surface area contributed by atoms with Gasteiger partial charge in [-0.25, -0.2) is 0 Å². The van der Waals surface area contributed by atoms with Crippen molar-refractivity contribution in [2.24, 2.45) is 5.73 Å². The van der Waals surface area contributed by atoms with E-state index in [1.54, 1.807) is 18.2 Å². The molecular formula is C15H14ClNOS. The molecule has 19 heavy (non-hydrogen) atoms. The molecule has 2 aromatic rings. The molecule has 0 spiro atoms. The summed E-state index contributed by atoms with van der Waals surface area (Å²) in [5.41, 5.74) is 7.54. The van der Waals surface area contributed by atoms with E-state index < -0.39 is 0 Å². The predicted molar refractivity (Wildman–Crippen MR) is 83.2 cm³/mol. The number of benzene rings is 2. The zero-order chi connectivity index (χ0) is 13.8. The van der Waals surface area contributed by atoms with Gasteiger partial charge in [0.05, 0.1) is 5.56 Å². The van der Waals surface area contributed by atoms with Crippen LogP contribution in [0.5, 0.6) is 11.5 Å². The van der Waals surface area contributed by atoms with E-state index in [1.807, 2.05) is 18.2 Å². The number of halogens is 1. The van der Waals surface area contributed by atoms with Crippen molar-refractivity contribution < 1.29 is 4.74 Å². The molecule has 2 nitrogen and oxygen atoms in total. The number of nitrogens with two attached hydrogens (primary N) is 1. The van der Waals surface area contributed by atoms with Gasteiger partial charge in [-0.15, -0.1) is 0 Å². The molecular weight excluding hydrogens is 278 g/mol. The van der Waals surface area contributed by atoms with E-state index in [2.05, 4.69) is 13.0 Å². The first-order valence-corrected chi connectivity index (χ1v) is 6.75. The number of hydrogen-bond donors (Lipinski definition) is 1. The fraction of sp³-hybridized carbons (Fsp3) is 0.133. The van der Waals surface area contributed by atoms with E-state index in [9.17, 15) is 0 Å². The van der Waals surface area contributed by atoms with Crippen molar-refractivity contribution in [2.45, 2.75) is 13.3 Å². The minimum Gasteiger partial charge on any atom is -0.457 e. The maximum atomic E-state index is 5.94. The Labute approximate surface area is 123 Å². The van der Waals surface area contributed by atoms with E-state index in [4.69, 9.17) is 34.3 Å². The second-order valence-electron chi connectivity index (χ2n) is 4.11. The highest BCUT2D eigenvalue weighted by Gasteiger charge is 2.08. The largest absolute Gasteiger partial charge is 0.457 e. The van der Waals surface area contributed by atoms with Crippen LogP contribution in [-0.2, 0) is 6.42 Å². The van der Waals surface area contributed by atoms with Gasteiger partial charge < -0.3 is 10.5 Å². The molecule has 0 saturated heterocycles. The highest BCUT2D eigenvalue weighted by molar-refractivity contribution is 7.80. The van der Waals surface area contributed by atoms with Crippen LogP contribution in [0.3, 0.4) is 0 Å². The Hall–Kier alpha value is -1.58. The molecule has 0 aliphatic heterocycles. The van der Waals surface area contributed by atoms with E-state index in [1.165, 1.54) is 5.56 Å². The SMILES string of the molecule is CCc1cccc(Oc2ccc(Cl)cc2C(N)=S)c1. The molecule has 0 aromatic heterocycles. The maximum Gasteiger partial charge on any atom is 0.137 e. The molecule has 2 rings (SSSR count). The Morgan fingerprint density at radius 2 is 2.05 bits per heavy atom. The molecule has 0 fully saturated rings. The van der Waals surface area contributed by atoms with E-state index >= 15 is 0 Å². The van der Waals surface area contributed by atoms with Gasteiger partial charge >= 0.3 is 0 Å². The molecule has 4 heteroatoms. The quantitative estimate of drug-likeness (QED) is 0.852. The summed E-state index contributed by atoms with van der Waals surface area (Å²) in [6.45, 7) is 2.10. The lowest BCUT2D eigenvalue weighted by Crippen LogP contribution is -2.10. The summed E-state index contributed by atoms with van der Waals surface area (Å²) in [6, 6.07) is 13.2. The number of thiocarbonyl (C=S) groups is 1. The zero-order valence-electron chi connectivity index (χ0n) is 10.5. The number of ether oxygens (including phenoxy) is 1. The fourth-order valence-electron chi connectivity index (χ4n) is 1.74. The van der Waals surface area contributed by atoms with Crippen LogP contribution in [0.1, 0.15) is 18.1 Å². The zero-order valence-corrected chi connectivity index (χ0v) is 12.1. The number of hydrogen-bond acceptors (Lipinski definition) is 2. The molecule has 0 radical (unpaired) electrons. The standard InChI is InChI=1S/C15H14ClNOS/c1-2-10-4-3-5-12(8-10)18-14-7-6-11(16)9-13(14)15(17)19/h3-9H,2H2,1H3,(H2,17,19). The molecule has 0 aliphatic carbocycles. The first-order chi connectivity index (χ1) is 9.10. The minimum atomic E-state index is 0.268. The predicted octanol–water partition coefficient (Wildman–Crippen LogP) is 4.33. The van der Waals surface area contributed by atoms with Crippen LogP contribution in [0.15, 0.2) is 42.5 Å². The molecule has 2 aromatic carbocycles. The monoisotopic (exact) mass is 291 g/mol. The minimum absolute atomic E-state index is 0.268. The highest BCUT2D eigenvalue weighted by atomic mass is 35.5. The van der Waals surface area contributed by atoms with Crippen LogP contribution in [0.4, 0.5) is 0 Å². The van der Waals surface area contributed by atoms with Gasteiger partial charge in [0.1, 0.15) is 16.5 Å². The third kappa shape index (κ3) is 3.46. The van der Waals surface area contributed by atoms with E-state index in [-0.39, 0.29) is 4.99 Å². The van der Waals surface area contributed by atoms with Crippen LogP contribution < -0.4 is 10.5 Å². The molecule has 2 N–H and O–H groups in total. The maximum absolute atomic E-state index is 5.94. The third-order valence-electron chi connectivity index (χ3n) is 2.74. The number of rotatable bonds is 4. The lowest BCUT2D eigenvalue weighted by atomic mass is 10.1. The third-order valence-corrected chi connectivity index (χ3v) is 3.20. The summed E-state index contributed by atoms with van der Waals surface area (Å²) < 4.78 is 5.84. The topological polar surface area (TPSA) is 35.2 Å². The van der Waals surface area contributed by atoms with Crippen LogP contribution in [0, 0.1) is 0 Å². The lowest BCUT2D eigenvalue weighted by molar-refractivity contribution is 0.481. The first-order valence-electron chi connectivity index (χ1n) is 5.96. The Morgan fingerprint density at radius 3 is 2.74 bits per heavy atom. The first kappa shape index (κ1) is 13.8. The van der Waals surface area contributed by atoms with Gasteiger partial charge in [-0.1, -0.05) is 42.9 Å². The van der Waals surface area contributed by atoms with Crippen molar-refractivity contribution in [1.82, 2.24) is 0 Å². The van der Waals surface area contributed by atoms with E-state index in [0.29, 0.717) is 16.3 Å². The van der Waals surface area contributed by atoms with Crippen molar-refractivity contribution in [1.29, 1.82) is 0 Å². The van der Waals surface area contributed by atoms with Gasteiger partial charge in [0.25, 0.3) is 0 Å². The van der Waals surface area contributed by atoms with Crippen LogP contribution in [0.25, 0.3) is 0 Å². The fourth-order valence-corrected chi connectivity index (χ4v) is 2.07. The Bertz CT molecular complexity index is 613. The smallest absolute Gasteiger partial charge is 0.137 e. The summed E-state index contributed by atoms with van der Waals surface area (Å²) in [7, 11) is 0. The lowest BCUT2D eigenvalue weighted by Gasteiger charge is -2.11. The summed E-state index contributed by atoms with van der Waals surface area (Å²) in [5.74, 6) is 1.38. The molecule has 0 atom stereocenters. The van der Waals surface area contributed by atoms with E-state index in [0.717, 1.165) is 12.2 Å². The van der Waals surface area contributed by atoms with Gasteiger partial charge in [0.2, 0.25) is 0 Å². The summed E-state index contributed by atoms with van der Waals surface area (Å²) in [6.07, 6.45) is 0.958. The molecule has 0 heterocycles. The van der Waals surface area contributed by atoms with Gasteiger partial charge in [-0.05, 0) is 42.3 Å². The molecule has 0 bridgehead atoms. The summed E-state index contributed by atoms with van der Waals surface area (Å²) >= 11 is 11.0. The second kappa shape index (κ2) is 6.04. The average Bonchev–Trinajstić information content (AvgIpc) is 2.41. The average molecular weight is 292 g/mol. The molecule has 0 amide bonds. The highest BCUT2D eigenvalue weighted by Crippen LogP contribution is 2.28. The molecule has 0 unspecified atom stereocenters. The van der Waals surface area contributed by atoms with Crippen LogP contribution in [-0.4, -0.2) is 4.99 Å².